The molecule has 9 heteroatoms. The van der Waals surface area contributed by atoms with Gasteiger partial charge in [0.2, 0.25) is 5.91 Å². The van der Waals surface area contributed by atoms with E-state index in [4.69, 9.17) is 4.74 Å². The van der Waals surface area contributed by atoms with E-state index in [0.29, 0.717) is 11.1 Å². The Hall–Kier alpha value is -2.48. The first-order valence-corrected chi connectivity index (χ1v) is 8.63. The average Bonchev–Trinajstić information content (AvgIpc) is 2.65. The topological polar surface area (TPSA) is 157 Å². The number of hydrogen-bond donors (Lipinski definition) is 6. The maximum Gasteiger partial charge on any atom is 0.326 e. The quantitative estimate of drug-likeness (QED) is 0.314. The maximum absolute atomic E-state index is 11.3. The Morgan fingerprint density at radius 2 is 1.93 bits per heavy atom. The summed E-state index contributed by atoms with van der Waals surface area (Å²) < 4.78 is 5.31. The molecule has 1 aliphatic heterocycles. The number of ether oxygens (including phenoxy) is 1. The predicted molar refractivity (Wildman–Crippen MR) is 96.0 cm³/mol. The number of nitrogens with one attached hydrogen (secondary N) is 1. The number of carbonyl (C=O) groups is 2. The molecule has 28 heavy (non-hydrogen) atoms. The largest absolute Gasteiger partial charge is 0.480 e. The summed E-state index contributed by atoms with van der Waals surface area (Å²) in [7, 11) is 0. The molecular formula is C19H23NO8. The van der Waals surface area contributed by atoms with E-state index in [-0.39, 0.29) is 6.42 Å². The highest BCUT2D eigenvalue weighted by Crippen LogP contribution is 2.20. The van der Waals surface area contributed by atoms with Gasteiger partial charge in [-0.25, -0.2) is 4.79 Å². The van der Waals surface area contributed by atoms with Crippen molar-refractivity contribution in [2.24, 2.45) is 0 Å². The average molecular weight is 393 g/mol. The lowest BCUT2D eigenvalue weighted by Gasteiger charge is -2.37. The molecule has 2 rings (SSSR count). The number of aliphatic hydroxyl groups is 4. The van der Waals surface area contributed by atoms with Crippen molar-refractivity contribution in [3.05, 3.63) is 35.4 Å². The summed E-state index contributed by atoms with van der Waals surface area (Å²) in [6, 6.07) is 5.57. The number of rotatable bonds is 5. The normalized spacial score (nSPS) is 28.0. The molecule has 0 radical (unpaired) electrons. The van der Waals surface area contributed by atoms with Gasteiger partial charge in [0.15, 0.2) is 0 Å². The summed E-state index contributed by atoms with van der Waals surface area (Å²) in [5.74, 6) is 3.80. The Bertz CT molecular complexity index is 769. The zero-order valence-electron chi connectivity index (χ0n) is 15.1. The minimum absolute atomic E-state index is 0.0600. The number of benzene rings is 1. The van der Waals surface area contributed by atoms with Gasteiger partial charge in [0, 0.05) is 18.9 Å². The second-order valence-electron chi connectivity index (χ2n) is 6.51. The van der Waals surface area contributed by atoms with E-state index in [9.17, 15) is 35.1 Å². The molecule has 1 heterocycles. The highest BCUT2D eigenvalue weighted by molar-refractivity contribution is 5.82. The van der Waals surface area contributed by atoms with Gasteiger partial charge in [-0.05, 0) is 17.7 Å². The van der Waals surface area contributed by atoms with Crippen LogP contribution in [0.15, 0.2) is 24.3 Å². The van der Waals surface area contributed by atoms with Crippen molar-refractivity contribution >= 4 is 11.9 Å². The molecule has 1 amide bonds. The van der Waals surface area contributed by atoms with Crippen molar-refractivity contribution in [2.45, 2.75) is 49.9 Å². The first-order valence-electron chi connectivity index (χ1n) is 8.63. The van der Waals surface area contributed by atoms with Gasteiger partial charge in [-0.3, -0.25) is 4.79 Å². The smallest absolute Gasteiger partial charge is 0.326 e. The van der Waals surface area contributed by atoms with Crippen LogP contribution < -0.4 is 5.32 Å². The van der Waals surface area contributed by atoms with Crippen LogP contribution in [-0.4, -0.2) is 80.6 Å². The molecule has 1 saturated heterocycles. The van der Waals surface area contributed by atoms with Gasteiger partial charge in [-0.1, -0.05) is 24.0 Å². The maximum atomic E-state index is 11.3. The van der Waals surface area contributed by atoms with Crippen LogP contribution in [0.3, 0.4) is 0 Å². The number of aliphatic hydroxyl groups excluding tert-OH is 4. The third kappa shape index (κ3) is 5.51. The van der Waals surface area contributed by atoms with E-state index < -0.39 is 55.0 Å². The second kappa shape index (κ2) is 9.64. The number of amides is 1. The highest BCUT2D eigenvalue weighted by atomic mass is 16.5. The van der Waals surface area contributed by atoms with E-state index >= 15 is 0 Å². The third-order valence-corrected chi connectivity index (χ3v) is 4.29. The molecule has 6 atom stereocenters. The Balaban J connectivity index is 2.15. The lowest BCUT2D eigenvalue weighted by molar-refractivity contribution is -0.214. The third-order valence-electron chi connectivity index (χ3n) is 4.29. The Morgan fingerprint density at radius 1 is 1.21 bits per heavy atom. The van der Waals surface area contributed by atoms with E-state index in [0.717, 1.165) is 0 Å². The molecule has 0 saturated carbocycles. The van der Waals surface area contributed by atoms with E-state index in [2.05, 4.69) is 17.2 Å². The summed E-state index contributed by atoms with van der Waals surface area (Å²) in [6.45, 7) is 0.691. The number of hydrogen-bond acceptors (Lipinski definition) is 7. The fourth-order valence-electron chi connectivity index (χ4n) is 2.83. The summed E-state index contributed by atoms with van der Waals surface area (Å²) in [5.41, 5.74) is 1.13. The van der Waals surface area contributed by atoms with Gasteiger partial charge in [-0.2, -0.15) is 0 Å². The van der Waals surface area contributed by atoms with Crippen molar-refractivity contribution in [2.75, 3.05) is 6.61 Å². The lowest BCUT2D eigenvalue weighted by Crippen LogP contribution is -2.58. The molecule has 1 fully saturated rings. The molecule has 6 N–H and O–H groups in total. The van der Waals surface area contributed by atoms with E-state index in [1.807, 2.05) is 0 Å². The van der Waals surface area contributed by atoms with Gasteiger partial charge < -0.3 is 35.6 Å². The minimum atomic E-state index is -1.51. The molecular weight excluding hydrogens is 370 g/mol. The van der Waals surface area contributed by atoms with Crippen molar-refractivity contribution in [1.82, 2.24) is 5.32 Å². The van der Waals surface area contributed by atoms with Crippen LogP contribution in [0.25, 0.3) is 0 Å². The molecule has 1 aromatic rings. The van der Waals surface area contributed by atoms with Crippen LogP contribution in [0.2, 0.25) is 0 Å². The summed E-state index contributed by atoms with van der Waals surface area (Å²) in [4.78, 5) is 22.4. The second-order valence-corrected chi connectivity index (χ2v) is 6.51. The number of aliphatic carboxylic acids is 1. The zero-order valence-corrected chi connectivity index (χ0v) is 15.1. The number of carbonyl (C=O) groups excluding carboxylic acids is 1. The SMILES string of the molecule is CC(=O)NC(Cc1cccc(C#C[C@@H]2O[C@H](CO)[C@H](O)[C@H](O)[C@H]2O)c1)C(=O)O. The van der Waals surface area contributed by atoms with Crippen LogP contribution in [0.4, 0.5) is 0 Å². The van der Waals surface area contributed by atoms with Gasteiger partial charge in [0.25, 0.3) is 0 Å². The molecule has 0 spiro atoms. The lowest BCUT2D eigenvalue weighted by atomic mass is 9.95. The predicted octanol–water partition coefficient (Wildman–Crippen LogP) is -1.99. The molecule has 0 bridgehead atoms. The fraction of sp³-hybridized carbons (Fsp3) is 0.474. The first kappa shape index (κ1) is 21.8. The van der Waals surface area contributed by atoms with Gasteiger partial charge >= 0.3 is 5.97 Å². The Morgan fingerprint density at radius 3 is 2.54 bits per heavy atom. The van der Waals surface area contributed by atoms with E-state index in [1.54, 1.807) is 24.3 Å². The standard InChI is InChI=1S/C19H23NO8/c1-10(22)20-13(19(26)27)8-12-4-2-3-11(7-12)5-6-14-16(23)18(25)17(24)15(9-21)28-14/h2-4,7,13-18,21,23-25H,8-9H2,1H3,(H,20,22)(H,26,27)/t13?,14-,15+,16-,17-,18+/m0/s1. The zero-order chi connectivity index (χ0) is 20.8. The Labute approximate surface area is 161 Å². The molecule has 9 nitrogen and oxygen atoms in total. The summed E-state index contributed by atoms with van der Waals surface area (Å²) >= 11 is 0. The van der Waals surface area contributed by atoms with Gasteiger partial charge in [0.05, 0.1) is 6.61 Å². The van der Waals surface area contributed by atoms with Gasteiger partial charge in [0.1, 0.15) is 36.6 Å². The minimum Gasteiger partial charge on any atom is -0.480 e. The van der Waals surface area contributed by atoms with Crippen LogP contribution in [0, 0.1) is 11.8 Å². The highest BCUT2D eigenvalue weighted by Gasteiger charge is 2.42. The molecule has 1 aliphatic rings. The van der Waals surface area contributed by atoms with E-state index in [1.165, 1.54) is 6.92 Å². The molecule has 0 aliphatic carbocycles. The summed E-state index contributed by atoms with van der Waals surface area (Å²) in [6.07, 6.45) is -6.52. The van der Waals surface area contributed by atoms with Crippen LogP contribution in [-0.2, 0) is 20.7 Å². The van der Waals surface area contributed by atoms with Crippen molar-refractivity contribution in [3.8, 4) is 11.8 Å². The number of carboxylic acid groups (broad SMARTS) is 1. The van der Waals surface area contributed by atoms with Crippen molar-refractivity contribution in [1.29, 1.82) is 0 Å². The van der Waals surface area contributed by atoms with Gasteiger partial charge in [-0.15, -0.1) is 0 Å². The summed E-state index contributed by atoms with van der Waals surface area (Å²) in [5, 5.41) is 50.3. The van der Waals surface area contributed by atoms with Crippen LogP contribution in [0.5, 0.6) is 0 Å². The molecule has 1 aromatic carbocycles. The first-order chi connectivity index (χ1) is 13.2. The molecule has 1 unspecified atom stereocenters. The molecule has 0 aromatic heterocycles. The Kier molecular flexibility index (Phi) is 7.51. The van der Waals surface area contributed by atoms with Crippen molar-refractivity contribution < 1.29 is 39.9 Å². The van der Waals surface area contributed by atoms with Crippen LogP contribution in [0.1, 0.15) is 18.1 Å². The monoisotopic (exact) mass is 393 g/mol. The fourth-order valence-corrected chi connectivity index (χ4v) is 2.83. The van der Waals surface area contributed by atoms with Crippen molar-refractivity contribution in [3.63, 3.8) is 0 Å². The molecule has 152 valence electrons. The van der Waals surface area contributed by atoms with Crippen LogP contribution >= 0.6 is 0 Å². The number of carboxylic acids is 1.